The zero-order valence-corrected chi connectivity index (χ0v) is 10.4. The van der Waals surface area contributed by atoms with Gasteiger partial charge in [-0.15, -0.1) is 0 Å². The Morgan fingerprint density at radius 2 is 2.29 bits per heavy atom. The van der Waals surface area contributed by atoms with Gasteiger partial charge in [0.1, 0.15) is 5.82 Å². The first-order valence-electron chi connectivity index (χ1n) is 5.43. The summed E-state index contributed by atoms with van der Waals surface area (Å²) in [7, 11) is 0. The summed E-state index contributed by atoms with van der Waals surface area (Å²) < 4.78 is 13.3. The van der Waals surface area contributed by atoms with Crippen LogP contribution in [0.2, 0.25) is 5.02 Å². The van der Waals surface area contributed by atoms with E-state index in [0.29, 0.717) is 23.7 Å². The fourth-order valence-electron chi connectivity index (χ4n) is 1.29. The molecule has 0 saturated carbocycles. The molecule has 0 aromatic heterocycles. The van der Waals surface area contributed by atoms with Crippen molar-refractivity contribution in [2.45, 2.75) is 13.3 Å². The predicted molar refractivity (Wildman–Crippen MR) is 66.3 cm³/mol. The lowest BCUT2D eigenvalue weighted by Crippen LogP contribution is -2.32. The van der Waals surface area contributed by atoms with Crippen LogP contribution in [-0.4, -0.2) is 19.0 Å². The maximum atomic E-state index is 13.3. The number of amides is 1. The number of hydrogen-bond acceptors (Lipinski definition) is 2. The molecule has 3 N–H and O–H groups in total. The van der Waals surface area contributed by atoms with E-state index in [1.165, 1.54) is 18.2 Å². The molecule has 1 amide bonds. The molecule has 0 spiro atoms. The molecule has 1 unspecified atom stereocenters. The van der Waals surface area contributed by atoms with Crippen LogP contribution in [0.15, 0.2) is 18.2 Å². The molecule has 1 atom stereocenters. The van der Waals surface area contributed by atoms with E-state index in [-0.39, 0.29) is 18.2 Å². The molecule has 3 nitrogen and oxygen atoms in total. The molecule has 0 bridgehead atoms. The van der Waals surface area contributed by atoms with Gasteiger partial charge in [-0.3, -0.25) is 4.79 Å². The lowest BCUT2D eigenvalue weighted by Gasteiger charge is -2.10. The Morgan fingerprint density at radius 3 is 2.94 bits per heavy atom. The van der Waals surface area contributed by atoms with Gasteiger partial charge in [0.25, 0.3) is 0 Å². The van der Waals surface area contributed by atoms with Crippen molar-refractivity contribution in [2.75, 3.05) is 13.1 Å². The number of rotatable bonds is 5. The van der Waals surface area contributed by atoms with Crippen LogP contribution in [0.1, 0.15) is 12.5 Å². The largest absolute Gasteiger partial charge is 0.355 e. The molecule has 0 aliphatic rings. The van der Waals surface area contributed by atoms with E-state index in [1.54, 1.807) is 0 Å². The number of carbonyl (C=O) groups excluding carboxylic acids is 1. The van der Waals surface area contributed by atoms with Gasteiger partial charge in [-0.05, 0) is 36.2 Å². The molecule has 0 fully saturated rings. The molecule has 0 aliphatic heterocycles. The van der Waals surface area contributed by atoms with Gasteiger partial charge < -0.3 is 11.1 Å². The normalized spacial score (nSPS) is 12.2. The van der Waals surface area contributed by atoms with E-state index in [0.717, 1.165) is 0 Å². The molecule has 1 rings (SSSR count). The molecular formula is C12H16ClFN2O. The average Bonchev–Trinajstić information content (AvgIpc) is 2.30. The molecule has 94 valence electrons. The van der Waals surface area contributed by atoms with Crippen molar-refractivity contribution in [2.24, 2.45) is 11.7 Å². The van der Waals surface area contributed by atoms with Gasteiger partial charge in [-0.1, -0.05) is 18.5 Å². The molecule has 17 heavy (non-hydrogen) atoms. The zero-order chi connectivity index (χ0) is 12.8. The van der Waals surface area contributed by atoms with Crippen molar-refractivity contribution in [1.82, 2.24) is 5.32 Å². The molecule has 5 heteroatoms. The van der Waals surface area contributed by atoms with E-state index in [1.807, 2.05) is 6.92 Å². The third kappa shape index (κ3) is 4.71. The molecule has 0 saturated heterocycles. The summed E-state index contributed by atoms with van der Waals surface area (Å²) in [5.74, 6) is -0.439. The van der Waals surface area contributed by atoms with E-state index in [4.69, 9.17) is 17.3 Å². The summed E-state index contributed by atoms with van der Waals surface area (Å²) in [6.07, 6.45) is -0.0102. The topological polar surface area (TPSA) is 55.1 Å². The Balaban J connectivity index is 2.53. The minimum absolute atomic E-state index is 0.0102. The van der Waals surface area contributed by atoms with E-state index >= 15 is 0 Å². The first-order chi connectivity index (χ1) is 8.02. The second-order valence-electron chi connectivity index (χ2n) is 4.06. The Hall–Kier alpha value is -1.13. The Kier molecular flexibility index (Phi) is 5.38. The highest BCUT2D eigenvalue weighted by atomic mass is 35.5. The number of benzene rings is 1. The Morgan fingerprint density at radius 1 is 1.59 bits per heavy atom. The monoisotopic (exact) mass is 258 g/mol. The fraction of sp³-hybridized carbons (Fsp3) is 0.417. The summed E-state index contributed by atoms with van der Waals surface area (Å²) in [6.45, 7) is 2.93. The maximum Gasteiger partial charge on any atom is 0.224 e. The number of carbonyl (C=O) groups is 1. The lowest BCUT2D eigenvalue weighted by molar-refractivity contribution is -0.120. The number of nitrogens with two attached hydrogens (primary N) is 1. The zero-order valence-electron chi connectivity index (χ0n) is 9.67. The summed E-state index contributed by atoms with van der Waals surface area (Å²) in [6, 6.07) is 4.17. The Labute approximate surface area is 105 Å². The number of nitrogens with one attached hydrogen (secondary N) is 1. The Bertz CT molecular complexity index is 398. The third-order valence-corrected chi connectivity index (χ3v) is 2.64. The smallest absolute Gasteiger partial charge is 0.224 e. The highest BCUT2D eigenvalue weighted by Gasteiger charge is 2.09. The summed E-state index contributed by atoms with van der Waals surface area (Å²) in [5, 5.41) is 3.12. The summed E-state index contributed by atoms with van der Waals surface area (Å²) in [5.41, 5.74) is 5.73. The van der Waals surface area contributed by atoms with Gasteiger partial charge in [0.05, 0.1) is 6.42 Å². The van der Waals surface area contributed by atoms with E-state index < -0.39 is 5.82 Å². The molecule has 0 aliphatic carbocycles. The average molecular weight is 259 g/mol. The SMILES string of the molecule is CC(CN)CNC(=O)Cc1cc(Cl)ccc1F. The highest BCUT2D eigenvalue weighted by molar-refractivity contribution is 6.30. The van der Waals surface area contributed by atoms with E-state index in [9.17, 15) is 9.18 Å². The van der Waals surface area contributed by atoms with E-state index in [2.05, 4.69) is 5.32 Å². The summed E-state index contributed by atoms with van der Waals surface area (Å²) >= 11 is 5.74. The van der Waals surface area contributed by atoms with Crippen LogP contribution in [0.4, 0.5) is 4.39 Å². The molecule has 1 aromatic carbocycles. The van der Waals surface area contributed by atoms with Gasteiger partial charge in [0.2, 0.25) is 5.91 Å². The van der Waals surface area contributed by atoms with Crippen LogP contribution in [0.3, 0.4) is 0 Å². The van der Waals surface area contributed by atoms with Crippen molar-refractivity contribution in [3.63, 3.8) is 0 Å². The van der Waals surface area contributed by atoms with Crippen molar-refractivity contribution in [1.29, 1.82) is 0 Å². The molecule has 0 radical (unpaired) electrons. The lowest BCUT2D eigenvalue weighted by atomic mass is 10.1. The highest BCUT2D eigenvalue weighted by Crippen LogP contribution is 2.15. The molecule has 0 heterocycles. The standard InChI is InChI=1S/C12H16ClFN2O/c1-8(6-15)7-16-12(17)5-9-4-10(13)2-3-11(9)14/h2-4,8H,5-7,15H2,1H3,(H,16,17). The number of halogens is 2. The first-order valence-corrected chi connectivity index (χ1v) is 5.81. The quantitative estimate of drug-likeness (QED) is 0.845. The fourth-order valence-corrected chi connectivity index (χ4v) is 1.48. The van der Waals surface area contributed by atoms with Crippen molar-refractivity contribution in [3.05, 3.63) is 34.6 Å². The molecule has 1 aromatic rings. The summed E-state index contributed by atoms with van der Waals surface area (Å²) in [4.78, 5) is 11.5. The van der Waals surface area contributed by atoms with Crippen molar-refractivity contribution >= 4 is 17.5 Å². The van der Waals surface area contributed by atoms with Crippen molar-refractivity contribution < 1.29 is 9.18 Å². The third-order valence-electron chi connectivity index (χ3n) is 2.41. The van der Waals surface area contributed by atoms with Gasteiger partial charge in [0.15, 0.2) is 0 Å². The van der Waals surface area contributed by atoms with Crippen LogP contribution in [0.25, 0.3) is 0 Å². The maximum absolute atomic E-state index is 13.3. The van der Waals surface area contributed by atoms with Gasteiger partial charge in [-0.25, -0.2) is 4.39 Å². The minimum Gasteiger partial charge on any atom is -0.355 e. The van der Waals surface area contributed by atoms with Crippen LogP contribution >= 0.6 is 11.6 Å². The van der Waals surface area contributed by atoms with Crippen LogP contribution in [0, 0.1) is 11.7 Å². The second kappa shape index (κ2) is 6.57. The minimum atomic E-state index is -0.420. The molecular weight excluding hydrogens is 243 g/mol. The van der Waals surface area contributed by atoms with Crippen LogP contribution in [-0.2, 0) is 11.2 Å². The van der Waals surface area contributed by atoms with Crippen LogP contribution in [0.5, 0.6) is 0 Å². The van der Waals surface area contributed by atoms with Gasteiger partial charge >= 0.3 is 0 Å². The van der Waals surface area contributed by atoms with Crippen LogP contribution < -0.4 is 11.1 Å². The van der Waals surface area contributed by atoms with Crippen molar-refractivity contribution in [3.8, 4) is 0 Å². The number of hydrogen-bond donors (Lipinski definition) is 2. The first kappa shape index (κ1) is 13.9. The predicted octanol–water partition coefficient (Wildman–Crippen LogP) is 1.73. The van der Waals surface area contributed by atoms with Gasteiger partial charge in [0, 0.05) is 11.6 Å². The second-order valence-corrected chi connectivity index (χ2v) is 4.49. The van der Waals surface area contributed by atoms with Gasteiger partial charge in [-0.2, -0.15) is 0 Å².